The quantitative estimate of drug-likeness (QED) is 0.741. The lowest BCUT2D eigenvalue weighted by atomic mass is 10.0. The summed E-state index contributed by atoms with van der Waals surface area (Å²) >= 11 is 0. The highest BCUT2D eigenvalue weighted by molar-refractivity contribution is 5.77. The third kappa shape index (κ3) is 3.06. The van der Waals surface area contributed by atoms with Crippen LogP contribution in [0.25, 0.3) is 10.9 Å². The molecule has 2 aromatic carbocycles. The third-order valence-corrected chi connectivity index (χ3v) is 5.51. The Kier molecular flexibility index (Phi) is 4.05. The number of rotatable bonds is 3. The molecule has 0 aliphatic carbocycles. The summed E-state index contributed by atoms with van der Waals surface area (Å²) in [6.07, 6.45) is 2.28. The average molecular weight is 364 g/mol. The van der Waals surface area contributed by atoms with Crippen LogP contribution in [-0.4, -0.2) is 29.7 Å². The van der Waals surface area contributed by atoms with Crippen molar-refractivity contribution in [2.45, 2.75) is 25.4 Å². The largest absolute Gasteiger partial charge is 0.486 e. The summed E-state index contributed by atoms with van der Waals surface area (Å²) in [7, 11) is 0. The number of H-pyrrole nitrogens is 1. The topological polar surface area (TPSA) is 68.7 Å². The molecular formula is C21H22N3O3+. The van der Waals surface area contributed by atoms with E-state index in [2.05, 4.69) is 22.1 Å². The number of quaternary nitrogens is 1. The van der Waals surface area contributed by atoms with Crippen LogP contribution in [0, 0.1) is 0 Å². The molecule has 3 heterocycles. The van der Waals surface area contributed by atoms with Crippen LogP contribution < -0.4 is 19.9 Å². The molecule has 27 heavy (non-hydrogen) atoms. The van der Waals surface area contributed by atoms with Gasteiger partial charge in [-0.2, -0.15) is 0 Å². The second kappa shape index (κ2) is 6.70. The summed E-state index contributed by atoms with van der Waals surface area (Å²) in [5.74, 6) is 2.41. The molecule has 2 N–H and O–H groups in total. The molecule has 0 amide bonds. The number of likely N-dealkylation sites (tertiary alicyclic amines) is 1. The summed E-state index contributed by atoms with van der Waals surface area (Å²) in [6, 6.07) is 14.1. The molecule has 1 aromatic heterocycles. The number of fused-ring (bicyclic) bond motifs is 2. The fraction of sp³-hybridized carbons (Fsp3) is 0.333. The average Bonchev–Trinajstić information content (AvgIpc) is 3.16. The van der Waals surface area contributed by atoms with E-state index >= 15 is 0 Å². The lowest BCUT2D eigenvalue weighted by Crippen LogP contribution is -3.09. The molecule has 1 saturated heterocycles. The number of aromatic nitrogens is 2. The van der Waals surface area contributed by atoms with Gasteiger partial charge in [0.25, 0.3) is 5.56 Å². The van der Waals surface area contributed by atoms with E-state index < -0.39 is 0 Å². The van der Waals surface area contributed by atoms with Gasteiger partial charge < -0.3 is 19.4 Å². The monoisotopic (exact) mass is 364 g/mol. The van der Waals surface area contributed by atoms with Crippen LogP contribution in [0.2, 0.25) is 0 Å². The normalized spacial score (nSPS) is 21.5. The van der Waals surface area contributed by atoms with Crippen LogP contribution >= 0.6 is 0 Å². The van der Waals surface area contributed by atoms with Crippen molar-refractivity contribution in [1.82, 2.24) is 9.97 Å². The molecule has 2 aliphatic heterocycles. The van der Waals surface area contributed by atoms with Crippen LogP contribution in [0.1, 0.15) is 30.3 Å². The Hall–Kier alpha value is -2.86. The maximum absolute atomic E-state index is 12.4. The second-order valence-corrected chi connectivity index (χ2v) is 7.21. The lowest BCUT2D eigenvalue weighted by molar-refractivity contribution is -0.932. The van der Waals surface area contributed by atoms with Crippen molar-refractivity contribution in [3.8, 4) is 11.5 Å². The molecule has 5 rings (SSSR count). The number of benzene rings is 2. The Morgan fingerprint density at radius 3 is 2.89 bits per heavy atom. The molecule has 1 unspecified atom stereocenters. The molecule has 0 spiro atoms. The molecular weight excluding hydrogens is 342 g/mol. The van der Waals surface area contributed by atoms with Gasteiger partial charge in [0.1, 0.15) is 25.8 Å². The van der Waals surface area contributed by atoms with Gasteiger partial charge in [-0.25, -0.2) is 4.98 Å². The van der Waals surface area contributed by atoms with Gasteiger partial charge in [-0.05, 0) is 30.3 Å². The molecule has 0 radical (unpaired) electrons. The number of hydrogen-bond acceptors (Lipinski definition) is 4. The van der Waals surface area contributed by atoms with E-state index in [0.29, 0.717) is 31.2 Å². The van der Waals surface area contributed by atoms with Crippen molar-refractivity contribution in [1.29, 1.82) is 0 Å². The van der Waals surface area contributed by atoms with E-state index in [1.165, 1.54) is 10.5 Å². The fourth-order valence-electron chi connectivity index (χ4n) is 4.24. The van der Waals surface area contributed by atoms with Gasteiger partial charge in [0.15, 0.2) is 17.3 Å². The minimum Gasteiger partial charge on any atom is -0.486 e. The SMILES string of the molecule is O=c1[nH]c(C[NH+]2CCC[C@H]2c2ccc3c(c2)OCCO3)nc2ccccc12. The number of hydrogen-bond donors (Lipinski definition) is 2. The van der Waals surface area contributed by atoms with Gasteiger partial charge in [0, 0.05) is 18.4 Å². The minimum absolute atomic E-state index is 0.0647. The number of nitrogens with one attached hydrogen (secondary N) is 2. The molecule has 2 atom stereocenters. The van der Waals surface area contributed by atoms with Crippen molar-refractivity contribution in [2.24, 2.45) is 0 Å². The van der Waals surface area contributed by atoms with E-state index in [-0.39, 0.29) is 5.56 Å². The van der Waals surface area contributed by atoms with E-state index in [4.69, 9.17) is 9.47 Å². The first-order chi connectivity index (χ1) is 13.3. The highest BCUT2D eigenvalue weighted by Crippen LogP contribution is 2.33. The summed E-state index contributed by atoms with van der Waals surface area (Å²) in [4.78, 5) is 21.4. The highest BCUT2D eigenvalue weighted by Gasteiger charge is 2.31. The fourth-order valence-corrected chi connectivity index (χ4v) is 4.24. The molecule has 0 saturated carbocycles. The van der Waals surface area contributed by atoms with E-state index in [9.17, 15) is 4.79 Å². The molecule has 3 aromatic rings. The number of aromatic amines is 1. The molecule has 1 fully saturated rings. The first kappa shape index (κ1) is 16.3. The first-order valence-corrected chi connectivity index (χ1v) is 9.50. The Morgan fingerprint density at radius 1 is 1.11 bits per heavy atom. The molecule has 6 heteroatoms. The molecule has 6 nitrogen and oxygen atoms in total. The second-order valence-electron chi connectivity index (χ2n) is 7.21. The zero-order chi connectivity index (χ0) is 18.2. The number of para-hydroxylation sites is 1. The van der Waals surface area contributed by atoms with Gasteiger partial charge in [0.2, 0.25) is 0 Å². The van der Waals surface area contributed by atoms with Crippen molar-refractivity contribution in [3.05, 3.63) is 64.2 Å². The van der Waals surface area contributed by atoms with E-state index in [1.807, 2.05) is 30.3 Å². The van der Waals surface area contributed by atoms with E-state index in [1.54, 1.807) is 0 Å². The maximum atomic E-state index is 12.4. The zero-order valence-corrected chi connectivity index (χ0v) is 15.0. The molecule has 0 bridgehead atoms. The van der Waals surface area contributed by atoms with E-state index in [0.717, 1.165) is 42.2 Å². The third-order valence-electron chi connectivity index (χ3n) is 5.51. The van der Waals surface area contributed by atoms with Gasteiger partial charge in [-0.1, -0.05) is 12.1 Å². The minimum atomic E-state index is -0.0647. The number of ether oxygens (including phenoxy) is 2. The van der Waals surface area contributed by atoms with Gasteiger partial charge in [-0.3, -0.25) is 4.79 Å². The standard InChI is InChI=1S/C21H21N3O3/c25-21-15-4-1-2-5-16(15)22-20(23-21)13-24-9-3-6-17(24)14-7-8-18-19(12-14)27-11-10-26-18/h1-2,4-5,7-8,12,17H,3,6,9-11,13H2,(H,22,23,25)/p+1/t17-/m0/s1. The highest BCUT2D eigenvalue weighted by atomic mass is 16.6. The zero-order valence-electron chi connectivity index (χ0n) is 15.0. The van der Waals surface area contributed by atoms with Crippen LogP contribution in [0.3, 0.4) is 0 Å². The maximum Gasteiger partial charge on any atom is 0.258 e. The summed E-state index contributed by atoms with van der Waals surface area (Å²) < 4.78 is 11.4. The van der Waals surface area contributed by atoms with Crippen molar-refractivity contribution in [2.75, 3.05) is 19.8 Å². The van der Waals surface area contributed by atoms with Crippen LogP contribution in [0.15, 0.2) is 47.3 Å². The summed E-state index contributed by atoms with van der Waals surface area (Å²) in [5, 5.41) is 0.640. The smallest absolute Gasteiger partial charge is 0.258 e. The van der Waals surface area contributed by atoms with Gasteiger partial charge >= 0.3 is 0 Å². The van der Waals surface area contributed by atoms with Crippen LogP contribution in [0.5, 0.6) is 11.5 Å². The van der Waals surface area contributed by atoms with Gasteiger partial charge in [-0.15, -0.1) is 0 Å². The Morgan fingerprint density at radius 2 is 1.96 bits per heavy atom. The Balaban J connectivity index is 1.43. The number of nitrogens with zero attached hydrogens (tertiary/aromatic N) is 1. The van der Waals surface area contributed by atoms with Crippen molar-refractivity contribution >= 4 is 10.9 Å². The lowest BCUT2D eigenvalue weighted by Gasteiger charge is -2.24. The van der Waals surface area contributed by atoms with Crippen molar-refractivity contribution in [3.63, 3.8) is 0 Å². The molecule has 2 aliphatic rings. The first-order valence-electron chi connectivity index (χ1n) is 9.50. The summed E-state index contributed by atoms with van der Waals surface area (Å²) in [5.41, 5.74) is 1.95. The van der Waals surface area contributed by atoms with Crippen molar-refractivity contribution < 1.29 is 14.4 Å². The predicted octanol–water partition coefficient (Wildman–Crippen LogP) is 1.61. The Bertz CT molecular complexity index is 1050. The Labute approximate surface area is 156 Å². The molecule has 138 valence electrons. The van der Waals surface area contributed by atoms with Crippen LogP contribution in [0.4, 0.5) is 0 Å². The van der Waals surface area contributed by atoms with Gasteiger partial charge in [0.05, 0.1) is 17.4 Å². The van der Waals surface area contributed by atoms with Crippen LogP contribution in [-0.2, 0) is 6.54 Å². The predicted molar refractivity (Wildman–Crippen MR) is 101 cm³/mol. The summed E-state index contributed by atoms with van der Waals surface area (Å²) in [6.45, 7) is 2.98.